The summed E-state index contributed by atoms with van der Waals surface area (Å²) in [5, 5.41) is 10.1. The molecule has 170 valence electrons. The SMILES string of the molecule is Cn1nc(-c2ccccc2)cc1NC(=O)Oc1cnn(-c2ccc(F)c(F)c2)c1C(F)(F)F. The number of benzene rings is 2. The number of anilines is 1. The zero-order chi connectivity index (χ0) is 23.8. The van der Waals surface area contributed by atoms with E-state index in [0.29, 0.717) is 28.7 Å². The van der Waals surface area contributed by atoms with Gasteiger partial charge in [-0.25, -0.2) is 18.3 Å². The van der Waals surface area contributed by atoms with E-state index in [0.717, 1.165) is 11.6 Å². The van der Waals surface area contributed by atoms with E-state index in [1.165, 1.54) is 17.8 Å². The number of hydrogen-bond acceptors (Lipinski definition) is 4. The molecule has 4 aromatic rings. The fraction of sp³-hybridized carbons (Fsp3) is 0.0952. The van der Waals surface area contributed by atoms with Gasteiger partial charge in [-0.2, -0.15) is 23.4 Å². The first kappa shape index (κ1) is 22.0. The third-order valence-electron chi connectivity index (χ3n) is 4.53. The molecule has 0 unspecified atom stereocenters. The van der Waals surface area contributed by atoms with Gasteiger partial charge in [0, 0.05) is 24.7 Å². The standard InChI is InChI=1S/C21H14F5N5O2/c1-30-18(10-16(29-30)12-5-3-2-4-6-12)28-20(32)33-17-11-27-31(19(17)21(24,25)26)13-7-8-14(22)15(23)9-13/h2-11H,1H3,(H,28,32). The number of aryl methyl sites for hydroxylation is 1. The Balaban J connectivity index is 1.59. The highest BCUT2D eigenvalue weighted by molar-refractivity contribution is 5.86. The van der Waals surface area contributed by atoms with Crippen LogP contribution in [0.3, 0.4) is 0 Å². The fourth-order valence-electron chi connectivity index (χ4n) is 3.04. The second-order valence-electron chi connectivity index (χ2n) is 6.78. The zero-order valence-corrected chi connectivity index (χ0v) is 16.8. The van der Waals surface area contributed by atoms with E-state index in [-0.39, 0.29) is 5.82 Å². The largest absolute Gasteiger partial charge is 0.437 e. The summed E-state index contributed by atoms with van der Waals surface area (Å²) in [6.07, 6.45) is -5.60. The van der Waals surface area contributed by atoms with Gasteiger partial charge in [-0.05, 0) is 12.1 Å². The molecule has 0 aliphatic heterocycles. The summed E-state index contributed by atoms with van der Waals surface area (Å²) in [7, 11) is 1.53. The Morgan fingerprint density at radius 3 is 2.42 bits per heavy atom. The molecule has 12 heteroatoms. The molecule has 2 aromatic carbocycles. The minimum absolute atomic E-state index is 0.167. The lowest BCUT2D eigenvalue weighted by Crippen LogP contribution is -2.21. The van der Waals surface area contributed by atoms with Crippen molar-refractivity contribution in [3.05, 3.63) is 78.1 Å². The molecule has 0 radical (unpaired) electrons. The van der Waals surface area contributed by atoms with E-state index in [1.54, 1.807) is 24.3 Å². The van der Waals surface area contributed by atoms with Crippen LogP contribution < -0.4 is 10.1 Å². The Kier molecular flexibility index (Phi) is 5.58. The van der Waals surface area contributed by atoms with Gasteiger partial charge in [0.1, 0.15) is 5.82 Å². The van der Waals surface area contributed by atoms with Crippen molar-refractivity contribution in [1.82, 2.24) is 19.6 Å². The minimum atomic E-state index is -5.02. The summed E-state index contributed by atoms with van der Waals surface area (Å²) in [5.41, 5.74) is -0.591. The van der Waals surface area contributed by atoms with Crippen molar-refractivity contribution in [2.75, 3.05) is 5.32 Å². The van der Waals surface area contributed by atoms with Crippen molar-refractivity contribution in [3.8, 4) is 22.7 Å². The average molecular weight is 463 g/mol. The number of carbonyl (C=O) groups is 1. The molecule has 1 amide bonds. The normalized spacial score (nSPS) is 11.5. The Labute approximate surface area is 183 Å². The monoisotopic (exact) mass is 463 g/mol. The molecule has 7 nitrogen and oxygen atoms in total. The number of amides is 1. The van der Waals surface area contributed by atoms with Gasteiger partial charge >= 0.3 is 12.3 Å². The second kappa shape index (κ2) is 8.37. The summed E-state index contributed by atoms with van der Waals surface area (Å²) in [6, 6.07) is 12.6. The maximum Gasteiger partial charge on any atom is 0.437 e. The second-order valence-corrected chi connectivity index (χ2v) is 6.78. The molecular formula is C21H14F5N5O2. The third-order valence-corrected chi connectivity index (χ3v) is 4.53. The Hall–Kier alpha value is -4.22. The number of carbonyl (C=O) groups excluding carboxylic acids is 1. The van der Waals surface area contributed by atoms with Crippen LogP contribution in [0, 0.1) is 11.6 Å². The van der Waals surface area contributed by atoms with Crippen molar-refractivity contribution in [2.24, 2.45) is 7.05 Å². The fourth-order valence-corrected chi connectivity index (χ4v) is 3.04. The van der Waals surface area contributed by atoms with Crippen molar-refractivity contribution in [1.29, 1.82) is 0 Å². The van der Waals surface area contributed by atoms with Gasteiger partial charge in [-0.3, -0.25) is 10.00 Å². The molecule has 1 N–H and O–H groups in total. The predicted octanol–water partition coefficient (Wildman–Crippen LogP) is 5.18. The van der Waals surface area contributed by atoms with E-state index in [1.807, 2.05) is 6.07 Å². The van der Waals surface area contributed by atoms with Gasteiger partial charge in [0.15, 0.2) is 23.1 Å². The number of hydrogen-bond donors (Lipinski definition) is 1. The van der Waals surface area contributed by atoms with Crippen LogP contribution in [0.1, 0.15) is 5.69 Å². The number of alkyl halides is 3. The first-order chi connectivity index (χ1) is 15.6. The molecule has 0 atom stereocenters. The summed E-state index contributed by atoms with van der Waals surface area (Å²) in [4.78, 5) is 12.3. The van der Waals surface area contributed by atoms with Gasteiger partial charge < -0.3 is 4.74 Å². The lowest BCUT2D eigenvalue weighted by atomic mass is 10.2. The molecule has 2 heterocycles. The highest BCUT2D eigenvalue weighted by Crippen LogP contribution is 2.38. The van der Waals surface area contributed by atoms with E-state index < -0.39 is 41.0 Å². The van der Waals surface area contributed by atoms with E-state index in [2.05, 4.69) is 15.5 Å². The number of aromatic nitrogens is 4. The van der Waals surface area contributed by atoms with Gasteiger partial charge in [-0.15, -0.1) is 0 Å². The van der Waals surface area contributed by atoms with E-state index >= 15 is 0 Å². The van der Waals surface area contributed by atoms with Gasteiger partial charge in [-0.1, -0.05) is 30.3 Å². The van der Waals surface area contributed by atoms with Crippen LogP contribution in [0.2, 0.25) is 0 Å². The average Bonchev–Trinajstić information content (AvgIpc) is 3.34. The topological polar surface area (TPSA) is 74.0 Å². The molecule has 0 aliphatic carbocycles. The molecule has 0 spiro atoms. The third kappa shape index (κ3) is 4.54. The Morgan fingerprint density at radius 2 is 1.76 bits per heavy atom. The number of nitrogens with one attached hydrogen (secondary N) is 1. The molecule has 33 heavy (non-hydrogen) atoms. The van der Waals surface area contributed by atoms with Crippen LogP contribution in [0.25, 0.3) is 16.9 Å². The van der Waals surface area contributed by atoms with Gasteiger partial charge in [0.25, 0.3) is 0 Å². The number of nitrogens with zero attached hydrogens (tertiary/aromatic N) is 4. The molecule has 2 aromatic heterocycles. The quantitative estimate of drug-likeness (QED) is 0.424. The van der Waals surface area contributed by atoms with Crippen LogP contribution in [0.4, 0.5) is 32.6 Å². The summed E-state index contributed by atoms with van der Waals surface area (Å²) in [6.45, 7) is 0. The maximum absolute atomic E-state index is 13.7. The van der Waals surface area contributed by atoms with E-state index in [4.69, 9.17) is 4.74 Å². The molecule has 0 fully saturated rings. The van der Waals surface area contributed by atoms with Gasteiger partial charge in [0.2, 0.25) is 0 Å². The van der Waals surface area contributed by atoms with Crippen molar-refractivity contribution < 1.29 is 31.5 Å². The van der Waals surface area contributed by atoms with Crippen molar-refractivity contribution >= 4 is 11.9 Å². The highest BCUT2D eigenvalue weighted by Gasteiger charge is 2.40. The number of rotatable bonds is 4. The molecule has 0 aliphatic rings. The Bertz CT molecular complexity index is 1310. The highest BCUT2D eigenvalue weighted by atomic mass is 19.4. The Morgan fingerprint density at radius 1 is 1.03 bits per heavy atom. The van der Waals surface area contributed by atoms with Gasteiger partial charge in [0.05, 0.1) is 17.6 Å². The number of halogens is 5. The van der Waals surface area contributed by atoms with Crippen molar-refractivity contribution in [3.63, 3.8) is 0 Å². The first-order valence-corrected chi connectivity index (χ1v) is 9.32. The molecule has 0 saturated carbocycles. The smallest absolute Gasteiger partial charge is 0.406 e. The van der Waals surface area contributed by atoms with E-state index in [9.17, 15) is 26.7 Å². The lowest BCUT2D eigenvalue weighted by Gasteiger charge is -2.13. The minimum Gasteiger partial charge on any atom is -0.406 e. The molecule has 0 saturated heterocycles. The molecule has 4 rings (SSSR count). The van der Waals surface area contributed by atoms with Crippen LogP contribution in [-0.4, -0.2) is 25.7 Å². The van der Waals surface area contributed by atoms with Crippen LogP contribution in [0.15, 0.2) is 60.8 Å². The lowest BCUT2D eigenvalue weighted by molar-refractivity contribution is -0.143. The summed E-state index contributed by atoms with van der Waals surface area (Å²) < 4.78 is 74.2. The van der Waals surface area contributed by atoms with Crippen LogP contribution in [0.5, 0.6) is 5.75 Å². The predicted molar refractivity (Wildman–Crippen MR) is 107 cm³/mol. The maximum atomic E-state index is 13.7. The first-order valence-electron chi connectivity index (χ1n) is 9.32. The van der Waals surface area contributed by atoms with Crippen LogP contribution >= 0.6 is 0 Å². The molecule has 0 bridgehead atoms. The summed E-state index contributed by atoms with van der Waals surface area (Å²) >= 11 is 0. The zero-order valence-electron chi connectivity index (χ0n) is 16.8. The molecular weight excluding hydrogens is 449 g/mol. The van der Waals surface area contributed by atoms with Crippen LogP contribution in [-0.2, 0) is 13.2 Å². The summed E-state index contributed by atoms with van der Waals surface area (Å²) in [5.74, 6) is -3.35. The van der Waals surface area contributed by atoms with Crippen molar-refractivity contribution in [2.45, 2.75) is 6.18 Å². The number of ether oxygens (including phenoxy) is 1.